The number of hydrogen-bond donors (Lipinski definition) is 3. The molecule has 0 saturated carbocycles. The number of aliphatic carboxylic acids is 1. The zero-order valence-electron chi connectivity index (χ0n) is 29.7. The van der Waals surface area contributed by atoms with Crippen LogP contribution in [-0.4, -0.2) is 79.8 Å². The number of aromatic nitrogens is 3. The van der Waals surface area contributed by atoms with E-state index >= 15 is 0 Å². The van der Waals surface area contributed by atoms with Gasteiger partial charge in [-0.05, 0) is 30.2 Å². The fourth-order valence-corrected chi connectivity index (χ4v) is 6.45. The lowest BCUT2D eigenvalue weighted by Gasteiger charge is -2.36. The molecule has 2 heterocycles. The Balaban J connectivity index is 1.82. The van der Waals surface area contributed by atoms with Gasteiger partial charge in [-0.25, -0.2) is 9.97 Å². The van der Waals surface area contributed by atoms with Gasteiger partial charge in [-0.2, -0.15) is 0 Å². The molecule has 0 bridgehead atoms. The minimum Gasteiger partial charge on any atom is -0.481 e. The maximum atomic E-state index is 14.0. The highest BCUT2D eigenvalue weighted by atomic mass is 32.1. The van der Waals surface area contributed by atoms with E-state index in [2.05, 4.69) is 25.6 Å². The van der Waals surface area contributed by atoms with Crippen molar-refractivity contribution in [1.82, 2.24) is 30.5 Å². The molecule has 0 aliphatic heterocycles. The molecule has 0 fully saturated rings. The molecule has 3 amide bonds. The number of carbonyl (C=O) groups is 5. The topological polar surface area (TPSA) is 181 Å². The van der Waals surface area contributed by atoms with Crippen LogP contribution in [0.25, 0.3) is 0 Å². The quantitative estimate of drug-likeness (QED) is 0.157. The molecular weight excluding hydrogens is 660 g/mol. The number of carboxylic acid groups (broad SMARTS) is 1. The number of ether oxygens (including phenoxy) is 1. The Morgan fingerprint density at radius 3 is 2.22 bits per heavy atom. The van der Waals surface area contributed by atoms with Crippen LogP contribution in [0.3, 0.4) is 0 Å². The SMILES string of the molecule is CC[C@H](C)[C@H](NC(=O)c1cnccn1)C(=O)N(C)[C@H](C[C@@H](OC(C)=O)c1nc(C(=O)N[C@@H](Cc2ccccc2)C[C@H](C)C(=O)O)cs1)C(C)C. The van der Waals surface area contributed by atoms with Crippen molar-refractivity contribution in [3.8, 4) is 0 Å². The van der Waals surface area contributed by atoms with Gasteiger partial charge in [-0.15, -0.1) is 11.3 Å². The molecule has 50 heavy (non-hydrogen) atoms. The first-order chi connectivity index (χ1) is 23.7. The molecule has 3 rings (SSSR count). The Bertz CT molecular complexity index is 1590. The first kappa shape index (κ1) is 39.7. The van der Waals surface area contributed by atoms with Gasteiger partial charge in [-0.1, -0.05) is 71.4 Å². The number of rotatable bonds is 18. The average Bonchev–Trinajstić information content (AvgIpc) is 3.59. The highest BCUT2D eigenvalue weighted by molar-refractivity contribution is 7.09. The van der Waals surface area contributed by atoms with Gasteiger partial charge in [-0.3, -0.25) is 29.0 Å². The molecule has 3 N–H and O–H groups in total. The van der Waals surface area contributed by atoms with E-state index in [1.807, 2.05) is 58.0 Å². The molecule has 6 atom stereocenters. The van der Waals surface area contributed by atoms with Crippen LogP contribution < -0.4 is 10.6 Å². The number of carbonyl (C=O) groups excluding carboxylic acids is 4. The fourth-order valence-electron chi connectivity index (χ4n) is 5.61. The Labute approximate surface area is 297 Å². The third-order valence-electron chi connectivity index (χ3n) is 8.69. The number of nitrogens with zero attached hydrogens (tertiary/aromatic N) is 4. The Hall–Kier alpha value is -4.72. The second kappa shape index (κ2) is 18.9. The van der Waals surface area contributed by atoms with Crippen molar-refractivity contribution in [3.63, 3.8) is 0 Å². The maximum absolute atomic E-state index is 14.0. The summed E-state index contributed by atoms with van der Waals surface area (Å²) >= 11 is 1.16. The Morgan fingerprint density at radius 1 is 0.960 bits per heavy atom. The average molecular weight is 709 g/mol. The van der Waals surface area contributed by atoms with Crippen LogP contribution in [0.15, 0.2) is 54.3 Å². The van der Waals surface area contributed by atoms with Gasteiger partial charge in [0, 0.05) is 50.2 Å². The van der Waals surface area contributed by atoms with Crippen molar-refractivity contribution in [2.45, 2.75) is 91.5 Å². The molecule has 2 aromatic heterocycles. The number of carboxylic acids is 1. The van der Waals surface area contributed by atoms with E-state index < -0.39 is 53.9 Å². The third-order valence-corrected chi connectivity index (χ3v) is 9.63. The summed E-state index contributed by atoms with van der Waals surface area (Å²) in [6, 6.07) is 7.71. The smallest absolute Gasteiger partial charge is 0.306 e. The molecule has 0 unspecified atom stereocenters. The van der Waals surface area contributed by atoms with Crippen LogP contribution in [-0.2, 0) is 25.5 Å². The molecule has 14 heteroatoms. The van der Waals surface area contributed by atoms with Crippen LogP contribution in [0.2, 0.25) is 0 Å². The summed E-state index contributed by atoms with van der Waals surface area (Å²) in [5.41, 5.74) is 1.15. The number of benzene rings is 1. The van der Waals surface area contributed by atoms with Crippen molar-refractivity contribution in [2.75, 3.05) is 7.05 Å². The second-order valence-electron chi connectivity index (χ2n) is 12.9. The van der Waals surface area contributed by atoms with Gasteiger partial charge in [0.05, 0.1) is 12.1 Å². The predicted molar refractivity (Wildman–Crippen MR) is 188 cm³/mol. The number of thiazole rings is 1. The lowest BCUT2D eigenvalue weighted by molar-refractivity contribution is -0.148. The Kier molecular flexibility index (Phi) is 15.0. The first-order valence-electron chi connectivity index (χ1n) is 16.7. The van der Waals surface area contributed by atoms with Crippen molar-refractivity contribution >= 4 is 41.0 Å². The molecule has 0 aliphatic carbocycles. The van der Waals surface area contributed by atoms with Gasteiger partial charge >= 0.3 is 11.9 Å². The number of likely N-dealkylation sites (N-methyl/N-ethyl adjacent to an activating group) is 1. The molecule has 0 saturated heterocycles. The zero-order chi connectivity index (χ0) is 37.0. The third kappa shape index (κ3) is 11.4. The van der Waals surface area contributed by atoms with Crippen LogP contribution in [0, 0.1) is 17.8 Å². The number of nitrogens with one attached hydrogen (secondary N) is 2. The molecule has 0 spiro atoms. The van der Waals surface area contributed by atoms with Gasteiger partial charge in [0.15, 0.2) is 6.10 Å². The van der Waals surface area contributed by atoms with Crippen molar-refractivity contribution in [1.29, 1.82) is 0 Å². The zero-order valence-corrected chi connectivity index (χ0v) is 30.5. The van der Waals surface area contributed by atoms with Gasteiger partial charge < -0.3 is 25.4 Å². The molecule has 3 aromatic rings. The minimum atomic E-state index is -0.955. The van der Waals surface area contributed by atoms with Crippen molar-refractivity contribution in [3.05, 3.63) is 76.3 Å². The van der Waals surface area contributed by atoms with Crippen LogP contribution in [0.5, 0.6) is 0 Å². The summed E-state index contributed by atoms with van der Waals surface area (Å²) in [4.78, 5) is 78.4. The highest BCUT2D eigenvalue weighted by Gasteiger charge is 2.36. The highest BCUT2D eigenvalue weighted by Crippen LogP contribution is 2.31. The van der Waals surface area contributed by atoms with E-state index in [4.69, 9.17) is 4.74 Å². The summed E-state index contributed by atoms with van der Waals surface area (Å²) < 4.78 is 5.72. The molecule has 13 nitrogen and oxygen atoms in total. The summed E-state index contributed by atoms with van der Waals surface area (Å²) in [5, 5.41) is 17.2. The predicted octanol–water partition coefficient (Wildman–Crippen LogP) is 4.71. The molecule has 0 radical (unpaired) electrons. The number of esters is 1. The second-order valence-corrected chi connectivity index (χ2v) is 13.8. The van der Waals surface area contributed by atoms with Crippen molar-refractivity contribution in [2.24, 2.45) is 17.8 Å². The molecule has 1 aromatic carbocycles. The Morgan fingerprint density at radius 2 is 1.64 bits per heavy atom. The number of hydrogen-bond acceptors (Lipinski definition) is 10. The van der Waals surface area contributed by atoms with Crippen LogP contribution in [0.1, 0.15) is 98.5 Å². The van der Waals surface area contributed by atoms with E-state index in [-0.39, 0.29) is 42.0 Å². The summed E-state index contributed by atoms with van der Waals surface area (Å²) in [6.45, 7) is 10.6. The van der Waals surface area contributed by atoms with Crippen LogP contribution in [0.4, 0.5) is 0 Å². The van der Waals surface area contributed by atoms with E-state index in [9.17, 15) is 29.1 Å². The normalized spacial score (nSPS) is 14.8. The van der Waals surface area contributed by atoms with E-state index in [1.54, 1.807) is 24.3 Å². The maximum Gasteiger partial charge on any atom is 0.306 e. The summed E-state index contributed by atoms with van der Waals surface area (Å²) in [5.74, 6) is -3.78. The van der Waals surface area contributed by atoms with Gasteiger partial charge in [0.1, 0.15) is 22.4 Å². The monoisotopic (exact) mass is 708 g/mol. The van der Waals surface area contributed by atoms with Crippen molar-refractivity contribution < 1.29 is 33.8 Å². The fraction of sp³-hybridized carbons (Fsp3) is 0.500. The largest absolute Gasteiger partial charge is 0.481 e. The van der Waals surface area contributed by atoms with E-state index in [1.165, 1.54) is 25.5 Å². The van der Waals surface area contributed by atoms with Crippen LogP contribution >= 0.6 is 11.3 Å². The first-order valence-corrected chi connectivity index (χ1v) is 17.6. The number of amides is 3. The van der Waals surface area contributed by atoms with Gasteiger partial charge in [0.25, 0.3) is 11.8 Å². The standard InChI is InChI=1S/C36H48N6O7S/c1-8-22(4)31(41-32(44)27-19-37-14-15-38-27)35(46)42(7)29(21(2)3)18-30(49-24(6)43)34-40-28(20-50-34)33(45)39-26(16-23(5)36(47)48)17-25-12-10-9-11-13-25/h9-15,19-23,26,29-31H,8,16-18H2,1-7H3,(H,39,45)(H,41,44)(H,47,48)/t22-,23-,26+,29+,30+,31-/m0/s1. The summed E-state index contributed by atoms with van der Waals surface area (Å²) in [7, 11) is 1.66. The molecular formula is C36H48N6O7S. The minimum absolute atomic E-state index is 0.0898. The van der Waals surface area contributed by atoms with E-state index in [0.717, 1.165) is 16.9 Å². The molecule has 270 valence electrons. The van der Waals surface area contributed by atoms with E-state index in [0.29, 0.717) is 17.8 Å². The lowest BCUT2D eigenvalue weighted by Crippen LogP contribution is -2.54. The molecule has 0 aliphatic rings. The lowest BCUT2D eigenvalue weighted by atomic mass is 9.93. The van der Waals surface area contributed by atoms with Gasteiger partial charge in [0.2, 0.25) is 5.91 Å². The summed E-state index contributed by atoms with van der Waals surface area (Å²) in [6.07, 6.45) is 4.79.